The molecule has 3 aliphatic heterocycles. The maximum absolute atomic E-state index is 16.8. The molecule has 0 amide bonds. The molecular formula is C32H32F2N6O2. The minimum Gasteiger partial charge on any atom is -0.508 e. The number of aromatic hydroxyl groups is 1. The van der Waals surface area contributed by atoms with Crippen molar-refractivity contribution in [2.45, 2.75) is 50.8 Å². The first-order chi connectivity index (χ1) is 20.3. The summed E-state index contributed by atoms with van der Waals surface area (Å²) in [7, 11) is 2.08. The largest absolute Gasteiger partial charge is 0.508 e. The van der Waals surface area contributed by atoms with Gasteiger partial charge in [-0.2, -0.15) is 9.97 Å². The van der Waals surface area contributed by atoms with E-state index in [2.05, 4.69) is 33.1 Å². The quantitative estimate of drug-likeness (QED) is 0.342. The number of pyridine rings is 1. The van der Waals surface area contributed by atoms with Gasteiger partial charge in [0, 0.05) is 42.5 Å². The predicted octanol–water partition coefficient (Wildman–Crippen LogP) is 4.40. The van der Waals surface area contributed by atoms with Crippen LogP contribution in [0.2, 0.25) is 0 Å². The summed E-state index contributed by atoms with van der Waals surface area (Å²) in [4.78, 5) is 18.8. The van der Waals surface area contributed by atoms with Gasteiger partial charge >= 0.3 is 6.01 Å². The van der Waals surface area contributed by atoms with Gasteiger partial charge in [-0.25, -0.2) is 13.8 Å². The summed E-state index contributed by atoms with van der Waals surface area (Å²) in [5, 5.41) is 15.3. The van der Waals surface area contributed by atoms with Gasteiger partial charge in [0.05, 0.1) is 16.6 Å². The van der Waals surface area contributed by atoms with E-state index in [1.54, 1.807) is 0 Å². The molecule has 2 aromatic carbocycles. The third-order valence-corrected chi connectivity index (χ3v) is 9.02. The number of likely N-dealkylation sites (tertiary alicyclic amines) is 1. The van der Waals surface area contributed by atoms with Crippen molar-refractivity contribution in [2.75, 3.05) is 38.1 Å². The number of benzene rings is 2. The number of terminal acetylenes is 1. The molecule has 42 heavy (non-hydrogen) atoms. The summed E-state index contributed by atoms with van der Waals surface area (Å²) >= 11 is 0. The van der Waals surface area contributed by atoms with Crippen molar-refractivity contribution in [1.29, 1.82) is 0 Å². The van der Waals surface area contributed by atoms with Crippen molar-refractivity contribution in [3.8, 4) is 35.4 Å². The molecule has 8 nitrogen and oxygen atoms in total. The van der Waals surface area contributed by atoms with Gasteiger partial charge in [-0.3, -0.25) is 4.90 Å². The van der Waals surface area contributed by atoms with Crippen molar-refractivity contribution in [2.24, 2.45) is 0 Å². The summed E-state index contributed by atoms with van der Waals surface area (Å²) in [5.74, 6) is 1.61. The van der Waals surface area contributed by atoms with Crippen LogP contribution in [-0.2, 0) is 6.42 Å². The molecule has 2 fully saturated rings. The number of nitrogens with zero attached hydrogens (tertiary/aromatic N) is 5. The zero-order valence-corrected chi connectivity index (χ0v) is 23.6. The molecule has 2 aromatic heterocycles. The zero-order valence-electron chi connectivity index (χ0n) is 23.6. The summed E-state index contributed by atoms with van der Waals surface area (Å²) < 4.78 is 37.9. The molecule has 5 heterocycles. The Morgan fingerprint density at radius 1 is 1.14 bits per heavy atom. The van der Waals surface area contributed by atoms with Crippen LogP contribution in [0.15, 0.2) is 24.3 Å². The number of nitrogens with one attached hydrogen (secondary N) is 1. The average Bonchev–Trinajstić information content (AvgIpc) is 3.67. The lowest BCUT2D eigenvalue weighted by Crippen LogP contribution is -2.41. The monoisotopic (exact) mass is 570 g/mol. The number of phenols is 1. The fourth-order valence-electron chi connectivity index (χ4n) is 6.95. The van der Waals surface area contributed by atoms with Crippen LogP contribution in [0.5, 0.6) is 11.8 Å². The maximum atomic E-state index is 16.8. The van der Waals surface area contributed by atoms with E-state index in [9.17, 15) is 9.50 Å². The molecule has 0 saturated carbocycles. The number of hydrogen-bond acceptors (Lipinski definition) is 8. The number of hydrogen-bond donors (Lipinski definition) is 2. The van der Waals surface area contributed by atoms with Gasteiger partial charge in [0.2, 0.25) is 0 Å². The van der Waals surface area contributed by atoms with E-state index in [0.29, 0.717) is 40.6 Å². The third-order valence-electron chi connectivity index (χ3n) is 9.02. The molecule has 3 aliphatic rings. The smallest absolute Gasteiger partial charge is 0.319 e. The van der Waals surface area contributed by atoms with Crippen LogP contribution in [-0.4, -0.2) is 76.4 Å². The molecule has 10 heteroatoms. The maximum Gasteiger partial charge on any atom is 0.319 e. The van der Waals surface area contributed by atoms with E-state index in [-0.39, 0.29) is 52.3 Å². The van der Waals surface area contributed by atoms with Gasteiger partial charge < -0.3 is 20.1 Å². The second-order valence-corrected chi connectivity index (χ2v) is 11.5. The van der Waals surface area contributed by atoms with Gasteiger partial charge in [-0.1, -0.05) is 12.0 Å². The van der Waals surface area contributed by atoms with Crippen LogP contribution in [0, 0.1) is 24.0 Å². The van der Waals surface area contributed by atoms with Gasteiger partial charge in [0.15, 0.2) is 5.82 Å². The Labute approximate surface area is 242 Å². The number of rotatable bonds is 5. The fraction of sp³-hybridized carbons (Fsp3) is 0.406. The standard InChI is InChI=1S/C32H32F2N6O2/c1-4-21-23(33)8-7-18-14-20(41)15-22(26(18)21)29-28(34)30-27-24(36-29)10-13-40(19-9-11-35-16-19)31(27)38-32(37-30)42-17(2)25-6-5-12-39(25)3/h1,7-8,14-15,17,19,25,35,41H,5-6,9-13,16H2,2-3H3/t17-,19?,25-/m0/s1. The van der Waals surface area contributed by atoms with E-state index in [0.717, 1.165) is 38.9 Å². The highest BCUT2D eigenvalue weighted by atomic mass is 19.1. The normalized spacial score (nSPS) is 21.3. The molecule has 3 atom stereocenters. The Morgan fingerprint density at radius 2 is 2.00 bits per heavy atom. The highest BCUT2D eigenvalue weighted by Crippen LogP contribution is 2.42. The second kappa shape index (κ2) is 10.3. The van der Waals surface area contributed by atoms with Gasteiger partial charge in [-0.15, -0.1) is 6.42 Å². The molecule has 216 valence electrons. The lowest BCUT2D eigenvalue weighted by molar-refractivity contribution is 0.112. The van der Waals surface area contributed by atoms with Gasteiger partial charge in [0.1, 0.15) is 34.7 Å². The predicted molar refractivity (Wildman–Crippen MR) is 158 cm³/mol. The lowest BCUT2D eigenvalue weighted by atomic mass is 9.95. The summed E-state index contributed by atoms with van der Waals surface area (Å²) in [5.41, 5.74) is 0.880. The Kier molecular flexibility index (Phi) is 6.59. The van der Waals surface area contributed by atoms with Crippen LogP contribution in [0.4, 0.5) is 14.6 Å². The average molecular weight is 571 g/mol. The van der Waals surface area contributed by atoms with E-state index < -0.39 is 11.6 Å². The van der Waals surface area contributed by atoms with Crippen LogP contribution >= 0.6 is 0 Å². The molecule has 7 rings (SSSR count). The fourth-order valence-corrected chi connectivity index (χ4v) is 6.95. The van der Waals surface area contributed by atoms with E-state index >= 15 is 4.39 Å². The number of anilines is 1. The molecule has 4 aromatic rings. The Morgan fingerprint density at radius 3 is 2.74 bits per heavy atom. The van der Waals surface area contributed by atoms with Gasteiger partial charge in [-0.05, 0) is 69.9 Å². The highest BCUT2D eigenvalue weighted by molar-refractivity contribution is 6.03. The number of fused-ring (bicyclic) bond motifs is 1. The first kappa shape index (κ1) is 26.8. The Hall–Kier alpha value is -4.07. The molecule has 0 spiro atoms. The molecule has 2 saturated heterocycles. The second-order valence-electron chi connectivity index (χ2n) is 11.5. The Bertz CT molecular complexity index is 1770. The first-order valence-corrected chi connectivity index (χ1v) is 14.5. The van der Waals surface area contributed by atoms with Crippen molar-refractivity contribution >= 4 is 27.5 Å². The van der Waals surface area contributed by atoms with E-state index in [4.69, 9.17) is 21.1 Å². The highest BCUT2D eigenvalue weighted by Gasteiger charge is 2.34. The van der Waals surface area contributed by atoms with Crippen LogP contribution in [0.3, 0.4) is 0 Å². The molecule has 0 bridgehead atoms. The molecular weight excluding hydrogens is 538 g/mol. The SMILES string of the molecule is C#Cc1c(F)ccc2cc(O)cc(-c3nc4c5c(nc(O[C@@H](C)[C@@H]6CCCN6C)nc5c3F)N(C3CCNC3)CC4)c12. The van der Waals surface area contributed by atoms with Crippen LogP contribution in [0.25, 0.3) is 32.9 Å². The van der Waals surface area contributed by atoms with Crippen LogP contribution in [0.1, 0.15) is 37.4 Å². The zero-order chi connectivity index (χ0) is 29.1. The molecule has 0 aliphatic carbocycles. The topological polar surface area (TPSA) is 86.6 Å². The Balaban J connectivity index is 1.45. The molecule has 2 N–H and O–H groups in total. The van der Waals surface area contributed by atoms with Crippen molar-refractivity contribution < 1.29 is 18.6 Å². The molecule has 0 radical (unpaired) electrons. The van der Waals surface area contributed by atoms with E-state index in [1.165, 1.54) is 24.3 Å². The summed E-state index contributed by atoms with van der Waals surface area (Å²) in [6.45, 7) is 5.36. The first-order valence-electron chi connectivity index (χ1n) is 14.5. The van der Waals surface area contributed by atoms with Crippen molar-refractivity contribution in [3.05, 3.63) is 47.2 Å². The number of halogens is 2. The number of aromatic nitrogens is 3. The number of likely N-dealkylation sites (N-methyl/N-ethyl adjacent to an activating group) is 1. The minimum absolute atomic E-state index is 0.0146. The summed E-state index contributed by atoms with van der Waals surface area (Å²) in [6.07, 6.45) is 9.09. The van der Waals surface area contributed by atoms with Gasteiger partial charge in [0.25, 0.3) is 0 Å². The molecule has 1 unspecified atom stereocenters. The van der Waals surface area contributed by atoms with Crippen molar-refractivity contribution in [1.82, 2.24) is 25.2 Å². The van der Waals surface area contributed by atoms with E-state index in [1.807, 2.05) is 6.92 Å². The minimum atomic E-state index is -0.696. The van der Waals surface area contributed by atoms with Crippen LogP contribution < -0.4 is 15.0 Å². The third kappa shape index (κ3) is 4.30. The van der Waals surface area contributed by atoms with Crippen molar-refractivity contribution in [3.63, 3.8) is 0 Å². The summed E-state index contributed by atoms with van der Waals surface area (Å²) in [6, 6.07) is 6.14. The lowest BCUT2D eigenvalue weighted by Gasteiger charge is -2.34. The number of ether oxygens (including phenoxy) is 1. The number of phenolic OH excluding ortho intramolecular Hbond substituents is 1.